The van der Waals surface area contributed by atoms with Crippen LogP contribution >= 0.6 is 0 Å². The Morgan fingerprint density at radius 1 is 1.27 bits per heavy atom. The number of esters is 1. The van der Waals surface area contributed by atoms with Crippen molar-refractivity contribution in [3.05, 3.63) is 47.0 Å². The molecule has 1 aromatic carbocycles. The first-order chi connectivity index (χ1) is 16.1. The zero-order valence-electron chi connectivity index (χ0n) is 19.3. The van der Waals surface area contributed by atoms with E-state index in [1.54, 1.807) is 18.5 Å². The molecular weight excluding hydrogens is 422 g/mol. The SMILES string of the molecule is CCc1nn(CCCOC(=O)c2ccc3ncn(C)c3c2)c2c1C(=O)NCCCOCCC2. The minimum atomic E-state index is -0.358. The molecule has 0 saturated heterocycles. The Morgan fingerprint density at radius 2 is 2.12 bits per heavy atom. The minimum Gasteiger partial charge on any atom is -0.462 e. The van der Waals surface area contributed by atoms with E-state index in [-0.39, 0.29) is 18.5 Å². The molecule has 1 aliphatic heterocycles. The van der Waals surface area contributed by atoms with Crippen molar-refractivity contribution in [1.29, 1.82) is 0 Å². The summed E-state index contributed by atoms with van der Waals surface area (Å²) >= 11 is 0. The number of rotatable bonds is 6. The van der Waals surface area contributed by atoms with Crippen molar-refractivity contribution in [2.45, 2.75) is 45.6 Å². The average Bonchev–Trinajstić information content (AvgIpc) is 3.36. The largest absolute Gasteiger partial charge is 0.462 e. The number of hydrogen-bond donors (Lipinski definition) is 1. The molecule has 176 valence electrons. The number of carbonyl (C=O) groups excluding carboxylic acids is 2. The summed E-state index contributed by atoms with van der Waals surface area (Å²) < 4.78 is 14.9. The lowest BCUT2D eigenvalue weighted by Gasteiger charge is -2.10. The number of fused-ring (bicyclic) bond motifs is 2. The van der Waals surface area contributed by atoms with Gasteiger partial charge in [-0.15, -0.1) is 0 Å². The fraction of sp³-hybridized carbons (Fsp3) is 0.500. The predicted octanol–water partition coefficient (Wildman–Crippen LogP) is 2.66. The highest BCUT2D eigenvalue weighted by molar-refractivity contribution is 5.96. The van der Waals surface area contributed by atoms with Crippen LogP contribution in [0, 0.1) is 0 Å². The molecule has 0 bridgehead atoms. The second-order valence-corrected chi connectivity index (χ2v) is 8.22. The van der Waals surface area contributed by atoms with Crippen LogP contribution in [0.4, 0.5) is 0 Å². The van der Waals surface area contributed by atoms with Crippen LogP contribution in [0.15, 0.2) is 24.5 Å². The summed E-state index contributed by atoms with van der Waals surface area (Å²) in [5, 5.41) is 7.70. The molecule has 0 atom stereocenters. The average molecular weight is 454 g/mol. The van der Waals surface area contributed by atoms with Crippen molar-refractivity contribution < 1.29 is 19.1 Å². The molecule has 1 amide bonds. The van der Waals surface area contributed by atoms with Crippen LogP contribution < -0.4 is 5.32 Å². The number of nitrogens with zero attached hydrogens (tertiary/aromatic N) is 4. The molecule has 1 N–H and O–H groups in total. The fourth-order valence-corrected chi connectivity index (χ4v) is 4.12. The Bertz CT molecular complexity index is 1130. The van der Waals surface area contributed by atoms with E-state index >= 15 is 0 Å². The molecule has 3 aromatic rings. The molecule has 2 aromatic heterocycles. The van der Waals surface area contributed by atoms with Crippen LogP contribution in [0.2, 0.25) is 0 Å². The van der Waals surface area contributed by atoms with Gasteiger partial charge in [0.1, 0.15) is 0 Å². The third-order valence-corrected chi connectivity index (χ3v) is 5.85. The Hall–Kier alpha value is -3.20. The summed E-state index contributed by atoms with van der Waals surface area (Å²) in [6.07, 6.45) is 5.37. The van der Waals surface area contributed by atoms with Gasteiger partial charge in [-0.05, 0) is 43.9 Å². The second kappa shape index (κ2) is 10.6. The summed E-state index contributed by atoms with van der Waals surface area (Å²) in [6, 6.07) is 5.35. The lowest BCUT2D eigenvalue weighted by atomic mass is 10.1. The summed E-state index contributed by atoms with van der Waals surface area (Å²) in [6.45, 7) is 4.77. The molecule has 9 nitrogen and oxygen atoms in total. The van der Waals surface area contributed by atoms with Gasteiger partial charge in [0.05, 0.1) is 46.5 Å². The Kier molecular flexibility index (Phi) is 7.39. The highest BCUT2D eigenvalue weighted by Crippen LogP contribution is 2.19. The number of aryl methyl sites for hydroxylation is 3. The highest BCUT2D eigenvalue weighted by Gasteiger charge is 2.23. The molecular formula is C24H31N5O4. The fourth-order valence-electron chi connectivity index (χ4n) is 4.12. The van der Waals surface area contributed by atoms with Gasteiger partial charge in [0.15, 0.2) is 0 Å². The van der Waals surface area contributed by atoms with Crippen molar-refractivity contribution in [1.82, 2.24) is 24.6 Å². The molecule has 0 saturated carbocycles. The van der Waals surface area contributed by atoms with Crippen molar-refractivity contribution >= 4 is 22.9 Å². The van der Waals surface area contributed by atoms with Gasteiger partial charge in [-0.2, -0.15) is 5.10 Å². The standard InChI is InChI=1S/C24H31N5O4/c1-3-18-22-20(7-4-12-32-13-5-10-25-23(22)30)29(27-18)11-6-14-33-24(31)17-8-9-19-21(15-17)28(2)16-26-19/h8-9,15-16H,3-7,10-14H2,1-2H3,(H,25,30). The first-order valence-electron chi connectivity index (χ1n) is 11.6. The summed E-state index contributed by atoms with van der Waals surface area (Å²) in [4.78, 5) is 29.6. The zero-order chi connectivity index (χ0) is 23.2. The number of amides is 1. The van der Waals surface area contributed by atoms with Crippen molar-refractivity contribution in [3.63, 3.8) is 0 Å². The van der Waals surface area contributed by atoms with Crippen molar-refractivity contribution in [2.75, 3.05) is 26.4 Å². The van der Waals surface area contributed by atoms with E-state index in [4.69, 9.17) is 14.6 Å². The maximum Gasteiger partial charge on any atom is 0.338 e. The van der Waals surface area contributed by atoms with E-state index in [0.717, 1.165) is 41.7 Å². The zero-order valence-corrected chi connectivity index (χ0v) is 19.3. The Labute approximate surface area is 193 Å². The molecule has 1 aliphatic rings. The van der Waals surface area contributed by atoms with Crippen molar-refractivity contribution in [2.24, 2.45) is 7.05 Å². The monoisotopic (exact) mass is 453 g/mol. The maximum atomic E-state index is 12.8. The lowest BCUT2D eigenvalue weighted by molar-refractivity contribution is 0.0494. The van der Waals surface area contributed by atoms with E-state index in [0.29, 0.717) is 50.3 Å². The van der Waals surface area contributed by atoms with Crippen LogP contribution in [-0.4, -0.2) is 57.6 Å². The highest BCUT2D eigenvalue weighted by atomic mass is 16.5. The third kappa shape index (κ3) is 5.24. The predicted molar refractivity (Wildman–Crippen MR) is 123 cm³/mol. The number of nitrogens with one attached hydrogen (secondary N) is 1. The first kappa shape index (κ1) is 23.0. The van der Waals surface area contributed by atoms with Gasteiger partial charge < -0.3 is 19.4 Å². The van der Waals surface area contributed by atoms with Crippen LogP contribution in [0.5, 0.6) is 0 Å². The van der Waals surface area contributed by atoms with Gasteiger partial charge in [-0.3, -0.25) is 9.48 Å². The van der Waals surface area contributed by atoms with Gasteiger partial charge in [0.2, 0.25) is 0 Å². The van der Waals surface area contributed by atoms with Crippen molar-refractivity contribution in [3.8, 4) is 0 Å². The lowest BCUT2D eigenvalue weighted by Crippen LogP contribution is -2.26. The van der Waals surface area contributed by atoms with Gasteiger partial charge in [0, 0.05) is 39.8 Å². The summed E-state index contributed by atoms with van der Waals surface area (Å²) in [5.74, 6) is -0.421. The van der Waals surface area contributed by atoms with Gasteiger partial charge in [0.25, 0.3) is 5.91 Å². The molecule has 3 heterocycles. The molecule has 0 aliphatic carbocycles. The van der Waals surface area contributed by atoms with E-state index in [1.807, 2.05) is 29.3 Å². The second-order valence-electron chi connectivity index (χ2n) is 8.22. The quantitative estimate of drug-likeness (QED) is 0.455. The van der Waals surface area contributed by atoms with E-state index in [9.17, 15) is 9.59 Å². The molecule has 0 radical (unpaired) electrons. The number of hydrogen-bond acceptors (Lipinski definition) is 6. The smallest absolute Gasteiger partial charge is 0.338 e. The van der Waals surface area contributed by atoms with Gasteiger partial charge in [-0.25, -0.2) is 9.78 Å². The molecule has 33 heavy (non-hydrogen) atoms. The van der Waals surface area contributed by atoms with Crippen LogP contribution in [0.3, 0.4) is 0 Å². The van der Waals surface area contributed by atoms with E-state index in [2.05, 4.69) is 10.3 Å². The number of imidazole rings is 1. The molecule has 0 spiro atoms. The first-order valence-corrected chi connectivity index (χ1v) is 11.6. The topological polar surface area (TPSA) is 100 Å². The number of benzene rings is 1. The Morgan fingerprint density at radius 3 is 2.97 bits per heavy atom. The maximum absolute atomic E-state index is 12.8. The minimum absolute atomic E-state index is 0.0630. The van der Waals surface area contributed by atoms with Gasteiger partial charge >= 0.3 is 5.97 Å². The Balaban J connectivity index is 1.40. The molecule has 0 unspecified atom stereocenters. The van der Waals surface area contributed by atoms with Crippen LogP contribution in [0.25, 0.3) is 11.0 Å². The van der Waals surface area contributed by atoms with Crippen LogP contribution in [0.1, 0.15) is 58.3 Å². The molecule has 9 heteroatoms. The van der Waals surface area contributed by atoms with E-state index in [1.165, 1.54) is 0 Å². The number of carbonyl (C=O) groups is 2. The van der Waals surface area contributed by atoms with Gasteiger partial charge in [-0.1, -0.05) is 6.92 Å². The third-order valence-electron chi connectivity index (χ3n) is 5.85. The molecule has 4 rings (SSSR count). The molecule has 0 fully saturated rings. The number of aromatic nitrogens is 4. The number of ether oxygens (including phenoxy) is 2. The summed E-state index contributed by atoms with van der Waals surface area (Å²) in [7, 11) is 1.89. The van der Waals surface area contributed by atoms with E-state index < -0.39 is 0 Å². The van der Waals surface area contributed by atoms with Crippen LogP contribution in [-0.2, 0) is 35.9 Å². The normalized spacial score (nSPS) is 15.0. The summed E-state index contributed by atoms with van der Waals surface area (Å²) in [5.41, 5.74) is 4.67.